The number of anilines is 4. The molecule has 0 unspecified atom stereocenters. The normalized spacial score (nSPS) is 15.4. The molecule has 84 heavy (non-hydrogen) atoms. The molecule has 3 heterocycles. The molecule has 5 nitrogen and oxygen atoms in total. The Morgan fingerprint density at radius 2 is 1.18 bits per heavy atom. The van der Waals surface area contributed by atoms with Crippen LogP contribution in [0.4, 0.5) is 22.7 Å². The molecule has 2 aromatic heterocycles. The minimum absolute atomic E-state index is 0. The zero-order valence-corrected chi connectivity index (χ0v) is 54.0. The molecule has 1 aliphatic heterocycles. The number of benzene rings is 8. The quantitative estimate of drug-likeness (QED) is 0.128. The summed E-state index contributed by atoms with van der Waals surface area (Å²) in [6.07, 6.45) is 2.38. The second kappa shape index (κ2) is 21.7. The molecule has 0 amide bonds. The van der Waals surface area contributed by atoms with Crippen LogP contribution in [-0.4, -0.2) is 9.55 Å². The summed E-state index contributed by atoms with van der Waals surface area (Å²) in [6.45, 7) is 36.1. The van der Waals surface area contributed by atoms with E-state index in [0.29, 0.717) is 22.9 Å². The molecule has 0 fully saturated rings. The van der Waals surface area contributed by atoms with Gasteiger partial charge in [-0.05, 0) is 132 Å². The first-order valence-electron chi connectivity index (χ1n) is 30.8. The van der Waals surface area contributed by atoms with Crippen molar-refractivity contribution < 1.29 is 28.5 Å². The van der Waals surface area contributed by atoms with Crippen LogP contribution in [0.15, 0.2) is 170 Å². The van der Waals surface area contributed by atoms with Crippen LogP contribution in [0, 0.1) is 24.7 Å². The maximum Gasteiger partial charge on any atom is 0.135 e. The van der Waals surface area contributed by atoms with E-state index >= 15 is 0 Å². The molecule has 8 aromatic carbocycles. The monoisotopic (exact) mass is 1290 g/mol. The first kappa shape index (κ1) is 56.0. The number of fused-ring (bicyclic) bond motifs is 5. The standard InChI is InChI=1S/C78H81N4O.Pt/c1-50(2)40-52-43-71(79-48-65(52)63-30-23-31-66-72(63)78(14,15)39-38-77(66,12)13)82-67-37-34-54(74(3,4)5)45-64(67)62-36-35-59(47-70(62)82)83-58-27-21-26-57(46-58)80-49-81(69-33-20-19-32-68(69)80)73-60(51-24-17-16-18-25-51)28-22-29-61(73)53-41-55(75(6,7)8)44-56(42-53)76(9,10)11;/h16-37,41-45,48-50H,38-40H2,1-15H3;/q-3;/i40D2;. The first-order valence-corrected chi connectivity index (χ1v) is 29.8. The van der Waals surface area contributed by atoms with Gasteiger partial charge in [0.1, 0.15) is 5.82 Å². The van der Waals surface area contributed by atoms with Crippen molar-refractivity contribution in [3.8, 4) is 50.7 Å². The Kier molecular flexibility index (Phi) is 14.5. The summed E-state index contributed by atoms with van der Waals surface area (Å²) in [4.78, 5) is 9.91. The van der Waals surface area contributed by atoms with Crippen LogP contribution in [0.2, 0.25) is 0 Å². The van der Waals surface area contributed by atoms with Crippen molar-refractivity contribution in [2.45, 2.75) is 150 Å². The predicted octanol–water partition coefficient (Wildman–Crippen LogP) is 21.4. The molecule has 1 aliphatic carbocycles. The van der Waals surface area contributed by atoms with Crippen molar-refractivity contribution in [1.29, 1.82) is 0 Å². The van der Waals surface area contributed by atoms with Gasteiger partial charge in [0.15, 0.2) is 0 Å². The minimum Gasteiger partial charge on any atom is -0.509 e. The van der Waals surface area contributed by atoms with Crippen LogP contribution >= 0.6 is 0 Å². The van der Waals surface area contributed by atoms with Crippen LogP contribution in [0.25, 0.3) is 61.0 Å². The average Bonchev–Trinajstić information content (AvgIpc) is 1.34. The fourth-order valence-corrected chi connectivity index (χ4v) is 12.6. The third-order valence-corrected chi connectivity index (χ3v) is 17.4. The van der Waals surface area contributed by atoms with Gasteiger partial charge in [0.2, 0.25) is 0 Å². The van der Waals surface area contributed by atoms with E-state index in [1.54, 1.807) is 0 Å². The summed E-state index contributed by atoms with van der Waals surface area (Å²) in [5.74, 6) is 1.38. The largest absolute Gasteiger partial charge is 0.509 e. The van der Waals surface area contributed by atoms with Crippen molar-refractivity contribution in [1.82, 2.24) is 9.55 Å². The number of hydrogen-bond donors (Lipinski definition) is 0. The molecule has 10 aromatic rings. The molecule has 0 bridgehead atoms. The number of para-hydroxylation sites is 3. The average molecular weight is 1290 g/mol. The SMILES string of the molecule is [2H]C([2H])(c1cc(-n2c3[c-]c(Oc4[c-]c(N5[CH-]N(c6c(-c7ccccc7)cccc6-c6cc(C(C)(C)C)cc(C(C)(C)C)c6)c6ccccc65)ccc4)ccc3c3cc(C(C)(C)C)ccc32)ncc1-c1cccc2c1C(C)(C)CCC2(C)C)C(C)C.[Pt]. The number of ether oxygens (including phenoxy) is 1. The van der Waals surface area contributed by atoms with E-state index in [1.807, 2.05) is 44.3 Å². The summed E-state index contributed by atoms with van der Waals surface area (Å²) in [6, 6.07) is 66.1. The molecule has 0 saturated carbocycles. The summed E-state index contributed by atoms with van der Waals surface area (Å²) >= 11 is 0. The predicted molar refractivity (Wildman–Crippen MR) is 350 cm³/mol. The van der Waals surface area contributed by atoms with Gasteiger partial charge in [0, 0.05) is 80.8 Å². The number of nitrogens with zero attached hydrogens (tertiary/aromatic N) is 4. The van der Waals surface area contributed by atoms with E-state index < -0.39 is 6.37 Å². The van der Waals surface area contributed by atoms with Crippen LogP contribution in [0.1, 0.15) is 153 Å². The maximum absolute atomic E-state index is 9.84. The van der Waals surface area contributed by atoms with Gasteiger partial charge in [-0.1, -0.05) is 219 Å². The molecule has 12 rings (SSSR count). The third kappa shape index (κ3) is 10.8. The second-order valence-electron chi connectivity index (χ2n) is 28.0. The number of hydrogen-bond acceptors (Lipinski definition) is 4. The molecule has 432 valence electrons. The Hall–Kier alpha value is -7.20. The van der Waals surface area contributed by atoms with Gasteiger partial charge in [0.25, 0.3) is 0 Å². The molecule has 0 saturated heterocycles. The van der Waals surface area contributed by atoms with Gasteiger partial charge in [-0.25, -0.2) is 4.98 Å². The van der Waals surface area contributed by atoms with Crippen molar-refractivity contribution in [3.05, 3.63) is 222 Å². The molecule has 0 radical (unpaired) electrons. The Balaban J connectivity index is 0.00000768. The van der Waals surface area contributed by atoms with Gasteiger partial charge in [-0.15, -0.1) is 48.1 Å². The Morgan fingerprint density at radius 3 is 1.86 bits per heavy atom. The first-order chi connectivity index (χ1) is 40.1. The van der Waals surface area contributed by atoms with Crippen LogP contribution in [0.3, 0.4) is 0 Å². The minimum atomic E-state index is -1.69. The van der Waals surface area contributed by atoms with Gasteiger partial charge < -0.3 is 19.1 Å². The van der Waals surface area contributed by atoms with Gasteiger partial charge in [0.05, 0.1) is 0 Å². The fourth-order valence-electron chi connectivity index (χ4n) is 12.6. The van der Waals surface area contributed by atoms with E-state index in [1.165, 1.54) is 33.4 Å². The Morgan fingerprint density at radius 1 is 0.571 bits per heavy atom. The molecule has 0 atom stereocenters. The third-order valence-electron chi connectivity index (χ3n) is 17.4. The molecular weight excluding hydrogens is 1200 g/mol. The zero-order valence-electron chi connectivity index (χ0n) is 53.7. The van der Waals surface area contributed by atoms with E-state index in [4.69, 9.17) is 9.72 Å². The number of pyridine rings is 1. The van der Waals surface area contributed by atoms with Crippen LogP contribution < -0.4 is 14.5 Å². The topological polar surface area (TPSA) is 33.5 Å². The summed E-state index contributed by atoms with van der Waals surface area (Å²) in [5, 5.41) is 2.07. The van der Waals surface area contributed by atoms with E-state index in [0.717, 1.165) is 85.2 Å². The van der Waals surface area contributed by atoms with E-state index in [2.05, 4.69) is 263 Å². The van der Waals surface area contributed by atoms with Crippen molar-refractivity contribution in [2.75, 3.05) is 9.80 Å². The molecule has 6 heteroatoms. The van der Waals surface area contributed by atoms with Crippen molar-refractivity contribution >= 4 is 44.6 Å². The summed E-state index contributed by atoms with van der Waals surface area (Å²) < 4.78 is 28.7. The molecule has 0 spiro atoms. The second-order valence-corrected chi connectivity index (χ2v) is 28.0. The fraction of sp³-hybridized carbons (Fsp3) is 0.308. The number of aromatic nitrogens is 2. The molecular formula is C78H81N4OPt-3. The van der Waals surface area contributed by atoms with Crippen LogP contribution in [-0.2, 0) is 54.5 Å². The van der Waals surface area contributed by atoms with Crippen LogP contribution in [0.5, 0.6) is 11.5 Å². The summed E-state index contributed by atoms with van der Waals surface area (Å²) in [5.41, 5.74) is 19.0. The Bertz CT molecular complexity index is 4190. The van der Waals surface area contributed by atoms with E-state index in [9.17, 15) is 2.74 Å². The van der Waals surface area contributed by atoms with Crippen molar-refractivity contribution in [3.63, 3.8) is 0 Å². The van der Waals surface area contributed by atoms with E-state index in [-0.39, 0.29) is 54.1 Å². The zero-order chi connectivity index (χ0) is 60.3. The molecule has 0 N–H and O–H groups in total. The van der Waals surface area contributed by atoms with Crippen molar-refractivity contribution in [2.24, 2.45) is 5.92 Å². The maximum atomic E-state index is 9.84. The van der Waals surface area contributed by atoms with Gasteiger partial charge in [-0.3, -0.25) is 0 Å². The van der Waals surface area contributed by atoms with Gasteiger partial charge >= 0.3 is 0 Å². The Labute approximate surface area is 518 Å². The van der Waals surface area contributed by atoms with Gasteiger partial charge in [-0.2, -0.15) is 12.1 Å². The summed E-state index contributed by atoms with van der Waals surface area (Å²) in [7, 11) is 0. The smallest absolute Gasteiger partial charge is 0.135 e. The molecule has 2 aliphatic rings. The number of rotatable bonds is 10.